The van der Waals surface area contributed by atoms with Crippen LogP contribution in [0.4, 0.5) is 4.39 Å². The molecule has 0 saturated heterocycles. The Labute approximate surface area is 246 Å². The number of carbonyl (C=O) groups excluding carboxylic acids is 1. The summed E-state index contributed by atoms with van der Waals surface area (Å²) in [7, 11) is 0. The number of carboxylic acid groups (broad SMARTS) is 1. The summed E-state index contributed by atoms with van der Waals surface area (Å²) < 4.78 is 17.1. The normalized spacial score (nSPS) is 12.5. The van der Waals surface area contributed by atoms with Crippen LogP contribution in [0.3, 0.4) is 0 Å². The van der Waals surface area contributed by atoms with Crippen LogP contribution in [0.5, 0.6) is 0 Å². The van der Waals surface area contributed by atoms with E-state index in [1.165, 1.54) is 6.07 Å². The number of tetrazole rings is 1. The van der Waals surface area contributed by atoms with E-state index < -0.39 is 29.8 Å². The van der Waals surface area contributed by atoms with Gasteiger partial charge in [-0.2, -0.15) is 5.10 Å². The highest BCUT2D eigenvalue weighted by molar-refractivity contribution is 5.93. The van der Waals surface area contributed by atoms with Crippen LogP contribution in [0.2, 0.25) is 0 Å². The third-order valence-corrected chi connectivity index (χ3v) is 7.03. The summed E-state index contributed by atoms with van der Waals surface area (Å²) in [6.45, 7) is 2.20. The number of nitrogens with one attached hydrogen (secondary N) is 2. The predicted octanol–water partition coefficient (Wildman–Crippen LogP) is 3.66. The summed E-state index contributed by atoms with van der Waals surface area (Å²) in [5, 5.41) is 40.7. The highest BCUT2D eigenvalue weighted by Gasteiger charge is 2.29. The van der Waals surface area contributed by atoms with Crippen molar-refractivity contribution in [3.05, 3.63) is 107 Å². The van der Waals surface area contributed by atoms with Gasteiger partial charge in [0.25, 0.3) is 5.91 Å². The molecule has 2 heterocycles. The number of aromatic amines is 1. The van der Waals surface area contributed by atoms with Crippen molar-refractivity contribution in [2.75, 3.05) is 0 Å². The third kappa shape index (κ3) is 6.81. The number of hydrogen-bond acceptors (Lipinski definition) is 7. The molecule has 0 spiro atoms. The lowest BCUT2D eigenvalue weighted by molar-refractivity contribution is -0.148. The molecule has 0 saturated carbocycles. The fraction of sp³-hybridized carbons (Fsp3) is 0.226. The first-order valence-electron chi connectivity index (χ1n) is 13.8. The zero-order valence-corrected chi connectivity index (χ0v) is 23.3. The highest BCUT2D eigenvalue weighted by atomic mass is 19.1. The van der Waals surface area contributed by atoms with E-state index in [1.807, 2.05) is 25.1 Å². The zero-order valence-electron chi connectivity index (χ0n) is 23.3. The molecule has 1 amide bonds. The summed E-state index contributed by atoms with van der Waals surface area (Å²) in [6, 6.07) is 21.7. The van der Waals surface area contributed by atoms with Crippen molar-refractivity contribution in [1.29, 1.82) is 0 Å². The second-order valence-electron chi connectivity index (χ2n) is 10.1. The van der Waals surface area contributed by atoms with Gasteiger partial charge in [0.1, 0.15) is 11.5 Å². The molecule has 0 bridgehead atoms. The van der Waals surface area contributed by atoms with E-state index in [2.05, 4.69) is 31.0 Å². The van der Waals surface area contributed by atoms with Gasteiger partial charge >= 0.3 is 5.97 Å². The van der Waals surface area contributed by atoms with Crippen molar-refractivity contribution in [3.63, 3.8) is 0 Å². The number of aliphatic hydroxyl groups excluding tert-OH is 1. The fourth-order valence-corrected chi connectivity index (χ4v) is 4.93. The van der Waals surface area contributed by atoms with E-state index in [-0.39, 0.29) is 18.7 Å². The molecule has 43 heavy (non-hydrogen) atoms. The van der Waals surface area contributed by atoms with Gasteiger partial charge in [0.2, 0.25) is 0 Å². The minimum Gasteiger partial charge on any atom is -0.479 e. The number of aromatic nitrogens is 6. The number of benzene rings is 3. The maximum Gasteiger partial charge on any atom is 0.334 e. The SMILES string of the molecule is CCCc1cc(C(=O)NC(Cc2ccccc2)C(O)C(=O)O)nn1Cc1ccc(-c2ccccc2-c2nnn[nH]2)c(F)c1. The van der Waals surface area contributed by atoms with Gasteiger partial charge in [-0.1, -0.05) is 80.1 Å². The van der Waals surface area contributed by atoms with Crippen LogP contribution in [0, 0.1) is 5.82 Å². The van der Waals surface area contributed by atoms with Gasteiger partial charge in [0.05, 0.1) is 12.6 Å². The van der Waals surface area contributed by atoms with Gasteiger partial charge in [-0.15, -0.1) is 5.10 Å². The average molecular weight is 584 g/mol. The van der Waals surface area contributed by atoms with E-state index in [4.69, 9.17) is 0 Å². The molecular weight excluding hydrogens is 553 g/mol. The van der Waals surface area contributed by atoms with Crippen molar-refractivity contribution >= 4 is 11.9 Å². The second kappa shape index (κ2) is 13.2. The van der Waals surface area contributed by atoms with Crippen molar-refractivity contribution in [2.45, 2.75) is 44.9 Å². The molecule has 12 heteroatoms. The number of aliphatic carboxylic acids is 1. The summed E-state index contributed by atoms with van der Waals surface area (Å²) in [4.78, 5) is 24.8. The van der Waals surface area contributed by atoms with Crippen LogP contribution < -0.4 is 5.32 Å². The number of carboxylic acids is 1. The molecule has 0 aliphatic carbocycles. The van der Waals surface area contributed by atoms with Crippen molar-refractivity contribution < 1.29 is 24.2 Å². The van der Waals surface area contributed by atoms with Crippen LogP contribution in [0.25, 0.3) is 22.5 Å². The van der Waals surface area contributed by atoms with Gasteiger partial charge in [-0.3, -0.25) is 9.48 Å². The Morgan fingerprint density at radius 1 is 0.977 bits per heavy atom. The standard InChI is InChI=1S/C31H30FN7O4/c1-2-8-21-17-27(30(41)33-26(28(40)31(42)43)16-19-9-4-3-5-10-19)36-39(21)18-20-13-14-23(25(32)15-20)22-11-6-7-12-24(22)29-34-37-38-35-29/h3-7,9-15,17,26,28,40H,2,8,16,18H2,1H3,(H,33,41)(H,42,43)(H,34,35,37,38). The molecule has 2 unspecified atom stereocenters. The Bertz CT molecular complexity index is 1710. The maximum absolute atomic E-state index is 15.5. The monoisotopic (exact) mass is 583 g/mol. The summed E-state index contributed by atoms with van der Waals surface area (Å²) >= 11 is 0. The minimum atomic E-state index is -1.81. The first-order valence-corrected chi connectivity index (χ1v) is 13.8. The molecule has 0 aliphatic heterocycles. The number of H-pyrrole nitrogens is 1. The van der Waals surface area contributed by atoms with Crippen LogP contribution in [0.15, 0.2) is 78.9 Å². The Kier molecular flexibility index (Phi) is 8.96. The molecule has 3 aromatic carbocycles. The third-order valence-electron chi connectivity index (χ3n) is 7.03. The predicted molar refractivity (Wildman–Crippen MR) is 155 cm³/mol. The van der Waals surface area contributed by atoms with E-state index in [0.29, 0.717) is 34.5 Å². The van der Waals surface area contributed by atoms with E-state index in [1.54, 1.807) is 59.3 Å². The highest BCUT2D eigenvalue weighted by Crippen LogP contribution is 2.32. The largest absolute Gasteiger partial charge is 0.479 e. The first kappa shape index (κ1) is 29.3. The molecule has 220 valence electrons. The number of rotatable bonds is 12. The number of amides is 1. The topological polar surface area (TPSA) is 159 Å². The number of nitrogens with zero attached hydrogens (tertiary/aromatic N) is 5. The first-order chi connectivity index (χ1) is 20.8. The smallest absolute Gasteiger partial charge is 0.334 e. The number of halogens is 1. The second-order valence-corrected chi connectivity index (χ2v) is 10.1. The number of hydrogen-bond donors (Lipinski definition) is 4. The summed E-state index contributed by atoms with van der Waals surface area (Å²) in [5.41, 5.74) is 3.90. The minimum absolute atomic E-state index is 0.0748. The number of aliphatic hydroxyl groups is 1. The van der Waals surface area contributed by atoms with Crippen LogP contribution in [0.1, 0.15) is 40.7 Å². The molecule has 0 radical (unpaired) electrons. The molecular formula is C31H30FN7O4. The van der Waals surface area contributed by atoms with Crippen molar-refractivity contribution in [3.8, 4) is 22.5 Å². The van der Waals surface area contributed by atoms with Gasteiger partial charge in [-0.05, 0) is 52.1 Å². The van der Waals surface area contributed by atoms with Gasteiger partial charge in [0, 0.05) is 16.8 Å². The number of aryl methyl sites for hydroxylation is 1. The van der Waals surface area contributed by atoms with Crippen LogP contribution in [-0.2, 0) is 24.2 Å². The van der Waals surface area contributed by atoms with E-state index >= 15 is 4.39 Å². The number of carbonyl (C=O) groups is 2. The molecule has 2 aromatic heterocycles. The lowest BCUT2D eigenvalue weighted by Crippen LogP contribution is -2.48. The fourth-order valence-electron chi connectivity index (χ4n) is 4.93. The Morgan fingerprint density at radius 2 is 1.72 bits per heavy atom. The van der Waals surface area contributed by atoms with Gasteiger partial charge < -0.3 is 15.5 Å². The lowest BCUT2D eigenvalue weighted by atomic mass is 9.97. The van der Waals surface area contributed by atoms with Gasteiger partial charge in [0.15, 0.2) is 11.9 Å². The Hall–Kier alpha value is -5.23. The average Bonchev–Trinajstić information content (AvgIpc) is 3.68. The van der Waals surface area contributed by atoms with E-state index in [0.717, 1.165) is 17.7 Å². The van der Waals surface area contributed by atoms with Crippen molar-refractivity contribution in [1.82, 2.24) is 35.7 Å². The van der Waals surface area contributed by atoms with E-state index in [9.17, 15) is 19.8 Å². The molecule has 5 aromatic rings. The molecule has 2 atom stereocenters. The summed E-state index contributed by atoms with van der Waals surface area (Å²) in [6.07, 6.45) is -0.301. The molecule has 4 N–H and O–H groups in total. The molecule has 0 aliphatic rings. The lowest BCUT2D eigenvalue weighted by Gasteiger charge is -2.21. The van der Waals surface area contributed by atoms with Crippen LogP contribution in [-0.4, -0.2) is 64.6 Å². The van der Waals surface area contributed by atoms with Gasteiger partial charge in [-0.25, -0.2) is 14.3 Å². The Morgan fingerprint density at radius 3 is 2.40 bits per heavy atom. The molecule has 11 nitrogen and oxygen atoms in total. The Balaban J connectivity index is 1.37. The zero-order chi connectivity index (χ0) is 30.3. The molecule has 0 fully saturated rings. The molecule has 5 rings (SSSR count). The maximum atomic E-state index is 15.5. The van der Waals surface area contributed by atoms with Crippen molar-refractivity contribution in [2.24, 2.45) is 0 Å². The van der Waals surface area contributed by atoms with Crippen LogP contribution >= 0.6 is 0 Å². The summed E-state index contributed by atoms with van der Waals surface area (Å²) in [5.74, 6) is -2.07. The quantitative estimate of drug-likeness (QED) is 0.173.